The van der Waals surface area contributed by atoms with Crippen LogP contribution in [0.15, 0.2) is 0 Å². The van der Waals surface area contributed by atoms with E-state index in [0.29, 0.717) is 25.0 Å². The van der Waals surface area contributed by atoms with Gasteiger partial charge in [0.05, 0.1) is 13.2 Å². The number of carbonyl (C=O) groups excluding carboxylic acids is 2. The molecule has 0 amide bonds. The van der Waals surface area contributed by atoms with Crippen molar-refractivity contribution in [3.8, 4) is 0 Å². The Balaban J connectivity index is 3.92. The van der Waals surface area contributed by atoms with Crippen LogP contribution in [0, 0.1) is 11.8 Å². The van der Waals surface area contributed by atoms with Crippen LogP contribution in [0.1, 0.15) is 67.2 Å². The lowest BCUT2D eigenvalue weighted by atomic mass is 10.1. The van der Waals surface area contributed by atoms with Gasteiger partial charge in [0.2, 0.25) is 0 Å². The molecule has 0 aliphatic carbocycles. The van der Waals surface area contributed by atoms with Gasteiger partial charge in [0.15, 0.2) is 0 Å². The highest BCUT2D eigenvalue weighted by atomic mass is 33.1. The molecule has 0 aliphatic rings. The second-order valence-electron chi connectivity index (χ2n) is 6.42. The zero-order valence-electron chi connectivity index (χ0n) is 16.0. The predicted octanol–water partition coefficient (Wildman–Crippen LogP) is 5.10. The third-order valence-electron chi connectivity index (χ3n) is 4.11. The molecule has 0 aromatic heterocycles. The molecule has 0 saturated heterocycles. The van der Waals surface area contributed by atoms with Crippen LogP contribution in [0.3, 0.4) is 0 Å². The molecule has 0 aliphatic heterocycles. The minimum absolute atomic E-state index is 0.215. The molecule has 6 heteroatoms. The first-order valence-electron chi connectivity index (χ1n) is 8.97. The van der Waals surface area contributed by atoms with Gasteiger partial charge in [-0.25, -0.2) is 0 Å². The summed E-state index contributed by atoms with van der Waals surface area (Å²) in [5.74, 6) is 0.710. The molecule has 0 heterocycles. The maximum atomic E-state index is 11.9. The van der Waals surface area contributed by atoms with Crippen molar-refractivity contribution in [1.29, 1.82) is 0 Å². The third kappa shape index (κ3) is 11.2. The van der Waals surface area contributed by atoms with Gasteiger partial charge in [-0.15, -0.1) is 0 Å². The van der Waals surface area contributed by atoms with E-state index >= 15 is 0 Å². The smallest absolute Gasteiger partial charge is 0.319 e. The summed E-state index contributed by atoms with van der Waals surface area (Å²) in [7, 11) is 2.74. The maximum Gasteiger partial charge on any atom is 0.319 e. The summed E-state index contributed by atoms with van der Waals surface area (Å²) in [6.07, 6.45) is 3.97. The van der Waals surface area contributed by atoms with Gasteiger partial charge in [0.1, 0.15) is 10.5 Å². The van der Waals surface area contributed by atoms with E-state index in [1.165, 1.54) is 21.6 Å². The van der Waals surface area contributed by atoms with E-state index in [-0.39, 0.29) is 22.4 Å². The first-order valence-corrected chi connectivity index (χ1v) is 11.2. The molecule has 0 aromatic rings. The lowest BCUT2D eigenvalue weighted by molar-refractivity contribution is -0.144. The Hall–Kier alpha value is -0.360. The lowest BCUT2D eigenvalue weighted by Gasteiger charge is -2.15. The first-order chi connectivity index (χ1) is 11.3. The van der Waals surface area contributed by atoms with E-state index in [1.807, 2.05) is 13.8 Å². The maximum absolute atomic E-state index is 11.9. The summed E-state index contributed by atoms with van der Waals surface area (Å²) in [6, 6.07) is 0. The quantitative estimate of drug-likeness (QED) is 0.328. The molecular formula is C18H34O4S2. The molecule has 0 N–H and O–H groups in total. The van der Waals surface area contributed by atoms with Gasteiger partial charge in [-0.1, -0.05) is 62.1 Å². The minimum Gasteiger partial charge on any atom is -0.465 e. The van der Waals surface area contributed by atoms with Gasteiger partial charge in [-0.3, -0.25) is 9.59 Å². The largest absolute Gasteiger partial charge is 0.465 e. The molecule has 0 fully saturated rings. The van der Waals surface area contributed by atoms with Gasteiger partial charge >= 0.3 is 11.9 Å². The van der Waals surface area contributed by atoms with Crippen LogP contribution in [0.4, 0.5) is 0 Å². The van der Waals surface area contributed by atoms with Crippen molar-refractivity contribution in [1.82, 2.24) is 0 Å². The number of rotatable bonds is 13. The highest BCUT2D eigenvalue weighted by Crippen LogP contribution is 2.32. The summed E-state index contributed by atoms with van der Waals surface area (Å²) in [6.45, 7) is 13.1. The number of carbonyl (C=O) groups is 2. The number of ether oxygens (including phenoxy) is 2. The zero-order chi connectivity index (χ0) is 18.5. The lowest BCUT2D eigenvalue weighted by Crippen LogP contribution is -2.20. The Kier molecular flexibility index (Phi) is 13.7. The standard InChI is InChI=1S/C18H34O4S2/c1-7-13(3)9-11-21-17(19)15(5)23-24-16(6)18(20)22-12-10-14(4)8-2/h13-16H,7-12H2,1-6H3. The monoisotopic (exact) mass is 378 g/mol. The van der Waals surface area contributed by atoms with Gasteiger partial charge in [-0.05, 0) is 38.5 Å². The van der Waals surface area contributed by atoms with Crippen molar-refractivity contribution in [3.05, 3.63) is 0 Å². The van der Waals surface area contributed by atoms with Gasteiger partial charge < -0.3 is 9.47 Å². The van der Waals surface area contributed by atoms with Gasteiger partial charge in [0, 0.05) is 0 Å². The molecule has 4 unspecified atom stereocenters. The Morgan fingerprint density at radius 2 is 1.08 bits per heavy atom. The van der Waals surface area contributed by atoms with E-state index in [4.69, 9.17) is 9.47 Å². The summed E-state index contributed by atoms with van der Waals surface area (Å²) in [5.41, 5.74) is 0. The fraction of sp³-hybridized carbons (Fsp3) is 0.889. The van der Waals surface area contributed by atoms with E-state index in [0.717, 1.165) is 25.7 Å². The van der Waals surface area contributed by atoms with Gasteiger partial charge in [-0.2, -0.15) is 0 Å². The van der Waals surface area contributed by atoms with Crippen LogP contribution in [0.5, 0.6) is 0 Å². The fourth-order valence-electron chi connectivity index (χ4n) is 1.61. The summed E-state index contributed by atoms with van der Waals surface area (Å²) < 4.78 is 10.6. The van der Waals surface area contributed by atoms with Crippen LogP contribution in [-0.2, 0) is 19.1 Å². The minimum atomic E-state index is -0.290. The van der Waals surface area contributed by atoms with Crippen molar-refractivity contribution in [2.24, 2.45) is 11.8 Å². The third-order valence-corrected chi connectivity index (χ3v) is 7.25. The summed E-state index contributed by atoms with van der Waals surface area (Å²) in [4.78, 5) is 23.8. The summed E-state index contributed by atoms with van der Waals surface area (Å²) in [5, 5.41) is -0.579. The van der Waals surface area contributed by atoms with Crippen LogP contribution < -0.4 is 0 Å². The van der Waals surface area contributed by atoms with Crippen molar-refractivity contribution >= 4 is 33.5 Å². The zero-order valence-corrected chi connectivity index (χ0v) is 17.6. The average Bonchev–Trinajstić information content (AvgIpc) is 2.58. The number of hydrogen-bond donors (Lipinski definition) is 0. The average molecular weight is 379 g/mol. The first kappa shape index (κ1) is 23.6. The topological polar surface area (TPSA) is 52.6 Å². The van der Waals surface area contributed by atoms with Crippen molar-refractivity contribution < 1.29 is 19.1 Å². The molecular weight excluding hydrogens is 344 g/mol. The van der Waals surface area contributed by atoms with Crippen LogP contribution in [0.2, 0.25) is 0 Å². The molecule has 4 nitrogen and oxygen atoms in total. The van der Waals surface area contributed by atoms with Crippen LogP contribution >= 0.6 is 21.6 Å². The molecule has 0 spiro atoms. The Labute approximate surface area is 155 Å². The summed E-state index contributed by atoms with van der Waals surface area (Å²) >= 11 is 0. The molecule has 0 radical (unpaired) electrons. The molecule has 0 bridgehead atoms. The van der Waals surface area contributed by atoms with Crippen molar-refractivity contribution in [2.45, 2.75) is 77.7 Å². The second kappa shape index (κ2) is 13.9. The number of esters is 2. The Morgan fingerprint density at radius 1 is 0.750 bits per heavy atom. The fourth-order valence-corrected chi connectivity index (χ4v) is 3.71. The van der Waals surface area contributed by atoms with Crippen molar-refractivity contribution in [2.75, 3.05) is 13.2 Å². The highest BCUT2D eigenvalue weighted by molar-refractivity contribution is 8.77. The second-order valence-corrected chi connectivity index (χ2v) is 9.37. The molecule has 4 atom stereocenters. The Bertz CT molecular complexity index is 329. The van der Waals surface area contributed by atoms with Crippen molar-refractivity contribution in [3.63, 3.8) is 0 Å². The Morgan fingerprint density at radius 3 is 1.38 bits per heavy atom. The molecule has 24 heavy (non-hydrogen) atoms. The molecule has 142 valence electrons. The van der Waals surface area contributed by atoms with E-state index < -0.39 is 0 Å². The van der Waals surface area contributed by atoms with Crippen LogP contribution in [-0.4, -0.2) is 35.7 Å². The van der Waals surface area contributed by atoms with Crippen LogP contribution in [0.25, 0.3) is 0 Å². The predicted molar refractivity (Wildman–Crippen MR) is 104 cm³/mol. The highest BCUT2D eigenvalue weighted by Gasteiger charge is 2.21. The van der Waals surface area contributed by atoms with E-state index in [2.05, 4.69) is 27.7 Å². The van der Waals surface area contributed by atoms with Gasteiger partial charge in [0.25, 0.3) is 0 Å². The number of hydrogen-bond acceptors (Lipinski definition) is 6. The molecule has 0 rings (SSSR count). The van der Waals surface area contributed by atoms with E-state index in [1.54, 1.807) is 0 Å². The molecule has 0 saturated carbocycles. The van der Waals surface area contributed by atoms with E-state index in [9.17, 15) is 9.59 Å². The molecule has 0 aromatic carbocycles. The normalized spacial score (nSPS) is 16.1. The SMILES string of the molecule is CCC(C)CCOC(=O)C(C)SSC(C)C(=O)OCCC(C)CC.